The van der Waals surface area contributed by atoms with E-state index in [1.807, 2.05) is 42.5 Å². The zero-order valence-corrected chi connectivity index (χ0v) is 26.3. The number of benzene rings is 8. The molecule has 2 heterocycles. The Balaban J connectivity index is 1.32. The van der Waals surface area contributed by atoms with Gasteiger partial charge in [-0.25, -0.2) is 15.0 Å². The van der Waals surface area contributed by atoms with E-state index >= 15 is 0 Å². The van der Waals surface area contributed by atoms with Crippen LogP contribution < -0.4 is 0 Å². The highest BCUT2D eigenvalue weighted by molar-refractivity contribution is 6.23. The highest BCUT2D eigenvalue weighted by Gasteiger charge is 2.21. The van der Waals surface area contributed by atoms with Crippen molar-refractivity contribution in [3.05, 3.63) is 164 Å². The molecule has 0 bridgehead atoms. The summed E-state index contributed by atoms with van der Waals surface area (Å²) in [5, 5.41) is 9.06. The van der Waals surface area contributed by atoms with Gasteiger partial charge in [-0.05, 0) is 67.7 Å². The Morgan fingerprint density at radius 1 is 0.327 bits per heavy atom. The number of nitrogens with zero attached hydrogens (tertiary/aromatic N) is 3. The van der Waals surface area contributed by atoms with Crippen LogP contribution >= 0.6 is 0 Å². The van der Waals surface area contributed by atoms with E-state index in [1.165, 1.54) is 21.5 Å². The second-order valence-corrected chi connectivity index (χ2v) is 12.4. The van der Waals surface area contributed by atoms with Crippen molar-refractivity contribution < 1.29 is 4.42 Å². The number of hydrogen-bond donors (Lipinski definition) is 0. The first-order valence-corrected chi connectivity index (χ1v) is 16.4. The maximum absolute atomic E-state index is 6.48. The quantitative estimate of drug-likeness (QED) is 0.183. The summed E-state index contributed by atoms with van der Waals surface area (Å²) in [6.07, 6.45) is 0. The Morgan fingerprint density at radius 2 is 0.918 bits per heavy atom. The summed E-state index contributed by atoms with van der Waals surface area (Å²) < 4.78 is 6.48. The van der Waals surface area contributed by atoms with E-state index in [1.54, 1.807) is 0 Å². The van der Waals surface area contributed by atoms with E-state index in [0.29, 0.717) is 17.5 Å². The molecule has 0 spiro atoms. The van der Waals surface area contributed by atoms with Crippen LogP contribution in [0.4, 0.5) is 0 Å². The van der Waals surface area contributed by atoms with Crippen molar-refractivity contribution in [1.29, 1.82) is 0 Å². The molecule has 4 heteroatoms. The molecule has 0 unspecified atom stereocenters. The lowest BCUT2D eigenvalue weighted by molar-refractivity contribution is 0.669. The van der Waals surface area contributed by atoms with Crippen LogP contribution in [0.15, 0.2) is 168 Å². The lowest BCUT2D eigenvalue weighted by Crippen LogP contribution is -2.01. The minimum absolute atomic E-state index is 0.597. The normalized spacial score (nSPS) is 11.7. The molecule has 49 heavy (non-hydrogen) atoms. The predicted molar refractivity (Wildman–Crippen MR) is 201 cm³/mol. The van der Waals surface area contributed by atoms with Gasteiger partial charge in [-0.3, -0.25) is 0 Å². The molecule has 0 aliphatic carbocycles. The monoisotopic (exact) mass is 625 g/mol. The molecule has 0 N–H and O–H groups in total. The molecule has 0 saturated heterocycles. The van der Waals surface area contributed by atoms with Crippen LogP contribution in [0.5, 0.6) is 0 Å². The van der Waals surface area contributed by atoms with Gasteiger partial charge in [-0.1, -0.05) is 140 Å². The van der Waals surface area contributed by atoms with Gasteiger partial charge in [0.2, 0.25) is 0 Å². The molecule has 10 aromatic rings. The van der Waals surface area contributed by atoms with Gasteiger partial charge in [-0.15, -0.1) is 0 Å². The number of hydrogen-bond acceptors (Lipinski definition) is 4. The number of aromatic nitrogens is 3. The lowest BCUT2D eigenvalue weighted by Gasteiger charge is -2.14. The Bertz CT molecular complexity index is 2860. The first-order chi connectivity index (χ1) is 24.3. The predicted octanol–water partition coefficient (Wildman–Crippen LogP) is 11.9. The molecule has 8 aromatic carbocycles. The maximum atomic E-state index is 6.48. The van der Waals surface area contributed by atoms with Gasteiger partial charge >= 0.3 is 0 Å². The average Bonchev–Trinajstić information content (AvgIpc) is 3.56. The van der Waals surface area contributed by atoms with Gasteiger partial charge in [-0.2, -0.15) is 0 Å². The topological polar surface area (TPSA) is 51.8 Å². The third-order valence-electron chi connectivity index (χ3n) is 9.48. The van der Waals surface area contributed by atoms with Gasteiger partial charge in [0, 0.05) is 27.5 Å². The fourth-order valence-electron chi connectivity index (χ4n) is 7.22. The van der Waals surface area contributed by atoms with Gasteiger partial charge in [0.1, 0.15) is 11.2 Å². The summed E-state index contributed by atoms with van der Waals surface area (Å²) in [6.45, 7) is 0. The van der Waals surface area contributed by atoms with Crippen molar-refractivity contribution in [3.63, 3.8) is 0 Å². The Kier molecular flexibility index (Phi) is 6.15. The molecule has 4 nitrogen and oxygen atoms in total. The summed E-state index contributed by atoms with van der Waals surface area (Å²) in [7, 11) is 0. The smallest absolute Gasteiger partial charge is 0.164 e. The van der Waals surface area contributed by atoms with E-state index < -0.39 is 0 Å². The molecule has 0 amide bonds. The van der Waals surface area contributed by atoms with Crippen LogP contribution in [0.25, 0.3) is 99.5 Å². The minimum atomic E-state index is 0.597. The van der Waals surface area contributed by atoms with Crippen molar-refractivity contribution in [1.82, 2.24) is 15.0 Å². The third-order valence-corrected chi connectivity index (χ3v) is 9.48. The fourth-order valence-corrected chi connectivity index (χ4v) is 7.22. The molecule has 228 valence electrons. The van der Waals surface area contributed by atoms with Gasteiger partial charge < -0.3 is 4.42 Å². The Labute approximate surface area is 282 Å². The standard InChI is InChI=1S/C45H27N3O/c1-3-13-28(14-4-1)32-26-38(42-36-21-11-12-22-39(36)49-40(42)27-32)45-47-43(30-16-5-2-6-17-30)46-44(48-45)37-25-31-18-8-10-20-34(31)41-33-19-9-7-15-29(33)23-24-35(37)41/h1-27H. The van der Waals surface area contributed by atoms with E-state index in [-0.39, 0.29) is 0 Å². The van der Waals surface area contributed by atoms with Crippen LogP contribution in [0.2, 0.25) is 0 Å². The second kappa shape index (κ2) is 11.0. The number of fused-ring (bicyclic) bond motifs is 8. The highest BCUT2D eigenvalue weighted by atomic mass is 16.3. The second-order valence-electron chi connectivity index (χ2n) is 12.4. The zero-order valence-electron chi connectivity index (χ0n) is 26.3. The Hall–Kier alpha value is -6.65. The van der Waals surface area contributed by atoms with E-state index in [9.17, 15) is 0 Å². The van der Waals surface area contributed by atoms with Crippen LogP contribution in [-0.4, -0.2) is 15.0 Å². The molecular weight excluding hydrogens is 599 g/mol. The molecule has 0 aliphatic heterocycles. The SMILES string of the molecule is c1ccc(-c2cc(-c3nc(-c4ccccc4)nc(-c4cc5ccccc5c5c4ccc4ccccc45)n3)c3c(c2)oc2ccccc23)cc1. The van der Waals surface area contributed by atoms with Gasteiger partial charge in [0.25, 0.3) is 0 Å². The van der Waals surface area contributed by atoms with Crippen LogP contribution in [0.3, 0.4) is 0 Å². The van der Waals surface area contributed by atoms with E-state index in [2.05, 4.69) is 121 Å². The molecule has 0 saturated carbocycles. The summed E-state index contributed by atoms with van der Waals surface area (Å²) in [6, 6.07) is 56.8. The van der Waals surface area contributed by atoms with E-state index in [4.69, 9.17) is 19.4 Å². The number of furan rings is 1. The molecule has 10 rings (SSSR count). The van der Waals surface area contributed by atoms with Crippen LogP contribution in [-0.2, 0) is 0 Å². The van der Waals surface area contributed by atoms with Crippen molar-refractivity contribution >= 4 is 54.3 Å². The molecule has 0 radical (unpaired) electrons. The molecule has 2 aromatic heterocycles. The number of rotatable bonds is 4. The molecule has 0 fully saturated rings. The highest BCUT2D eigenvalue weighted by Crippen LogP contribution is 2.42. The minimum Gasteiger partial charge on any atom is -0.456 e. The lowest BCUT2D eigenvalue weighted by atomic mass is 9.92. The third kappa shape index (κ3) is 4.49. The molecule has 0 atom stereocenters. The van der Waals surface area contributed by atoms with Crippen LogP contribution in [0.1, 0.15) is 0 Å². The van der Waals surface area contributed by atoms with Crippen LogP contribution in [0, 0.1) is 0 Å². The molecular formula is C45H27N3O. The summed E-state index contributed by atoms with van der Waals surface area (Å²) in [4.78, 5) is 15.7. The number of para-hydroxylation sites is 1. The summed E-state index contributed by atoms with van der Waals surface area (Å²) in [5.74, 6) is 1.84. The molecule has 0 aliphatic rings. The fraction of sp³-hybridized carbons (Fsp3) is 0. The van der Waals surface area contributed by atoms with Crippen molar-refractivity contribution in [3.8, 4) is 45.3 Å². The van der Waals surface area contributed by atoms with Gasteiger partial charge in [0.15, 0.2) is 17.5 Å². The van der Waals surface area contributed by atoms with Crippen molar-refractivity contribution in [2.45, 2.75) is 0 Å². The summed E-state index contributed by atoms with van der Waals surface area (Å²) in [5.41, 5.74) is 6.54. The average molecular weight is 626 g/mol. The zero-order chi connectivity index (χ0) is 32.3. The summed E-state index contributed by atoms with van der Waals surface area (Å²) >= 11 is 0. The van der Waals surface area contributed by atoms with Gasteiger partial charge in [0.05, 0.1) is 0 Å². The largest absolute Gasteiger partial charge is 0.456 e. The first kappa shape index (κ1) is 27.5. The first-order valence-electron chi connectivity index (χ1n) is 16.4. The maximum Gasteiger partial charge on any atom is 0.164 e. The van der Waals surface area contributed by atoms with E-state index in [0.717, 1.165) is 60.5 Å². The van der Waals surface area contributed by atoms with Crippen molar-refractivity contribution in [2.75, 3.05) is 0 Å². The Morgan fingerprint density at radius 3 is 1.69 bits per heavy atom. The van der Waals surface area contributed by atoms with Crippen molar-refractivity contribution in [2.24, 2.45) is 0 Å².